The van der Waals surface area contributed by atoms with Crippen LogP contribution in [0.5, 0.6) is 5.75 Å². The molecule has 2 N–H and O–H groups in total. The van der Waals surface area contributed by atoms with Gasteiger partial charge in [0.05, 0.1) is 18.7 Å². The zero-order valence-corrected chi connectivity index (χ0v) is 18.9. The van der Waals surface area contributed by atoms with E-state index in [1.807, 2.05) is 30.3 Å². The van der Waals surface area contributed by atoms with Crippen LogP contribution < -0.4 is 20.4 Å². The largest absolute Gasteiger partial charge is 0.494 e. The zero-order valence-electron chi connectivity index (χ0n) is 18.9. The first-order valence-corrected chi connectivity index (χ1v) is 10.9. The lowest BCUT2D eigenvalue weighted by atomic mass is 10.1. The Morgan fingerprint density at radius 3 is 2.63 bits per heavy atom. The molecule has 2 heterocycles. The van der Waals surface area contributed by atoms with E-state index in [9.17, 15) is 18.0 Å². The van der Waals surface area contributed by atoms with E-state index in [1.165, 1.54) is 30.1 Å². The maximum Gasteiger partial charge on any atom is 0.393 e. The summed E-state index contributed by atoms with van der Waals surface area (Å²) < 4.78 is 46.3. The highest BCUT2D eigenvalue weighted by molar-refractivity contribution is 5.86. The standard InChI is InChI=1S/C25H24F3N5O2/c1-35-23-15-19(32-13-10-17(16-32)25(26,27)28)7-8-21(23)33-14-11-22(34)24(31-33)20(9-12-29)30-18-5-3-2-4-6-18/h2-9,11-12,14-15,17,29-30H,10,13,16H2,1H3/b20-9-,29-12?. The quantitative estimate of drug-likeness (QED) is 0.475. The molecule has 10 heteroatoms. The fourth-order valence-electron chi connectivity index (χ4n) is 3.98. The van der Waals surface area contributed by atoms with Crippen molar-refractivity contribution in [3.63, 3.8) is 0 Å². The lowest BCUT2D eigenvalue weighted by molar-refractivity contribution is -0.168. The van der Waals surface area contributed by atoms with Crippen LogP contribution in [-0.2, 0) is 0 Å². The Balaban J connectivity index is 1.66. The highest BCUT2D eigenvalue weighted by atomic mass is 19.4. The van der Waals surface area contributed by atoms with Crippen molar-refractivity contribution < 1.29 is 17.9 Å². The van der Waals surface area contributed by atoms with Gasteiger partial charge in [-0.25, -0.2) is 4.68 Å². The van der Waals surface area contributed by atoms with Crippen LogP contribution in [0.4, 0.5) is 24.5 Å². The number of ether oxygens (including phenoxy) is 1. The molecule has 1 aliphatic heterocycles. The average molecular weight is 483 g/mol. The average Bonchev–Trinajstić information content (AvgIpc) is 3.36. The molecule has 2 aromatic carbocycles. The van der Waals surface area contributed by atoms with E-state index in [2.05, 4.69) is 10.4 Å². The highest BCUT2D eigenvalue weighted by Crippen LogP contribution is 2.37. The first kappa shape index (κ1) is 24.1. The summed E-state index contributed by atoms with van der Waals surface area (Å²) in [5.41, 5.74) is 1.95. The summed E-state index contributed by atoms with van der Waals surface area (Å²) in [7, 11) is 1.46. The zero-order chi connectivity index (χ0) is 25.0. The molecule has 0 saturated carbocycles. The topological polar surface area (TPSA) is 83.2 Å². The molecule has 1 aliphatic rings. The van der Waals surface area contributed by atoms with Crippen LogP contribution in [-0.4, -0.2) is 42.4 Å². The van der Waals surface area contributed by atoms with Crippen molar-refractivity contribution in [3.05, 3.63) is 82.8 Å². The van der Waals surface area contributed by atoms with Gasteiger partial charge in [0.15, 0.2) is 5.69 Å². The van der Waals surface area contributed by atoms with Crippen molar-refractivity contribution in [3.8, 4) is 11.4 Å². The fraction of sp³-hybridized carbons (Fsp3) is 0.240. The van der Waals surface area contributed by atoms with Crippen molar-refractivity contribution in [1.29, 1.82) is 5.41 Å². The molecule has 1 aromatic heterocycles. The number of halogens is 3. The third-order valence-corrected chi connectivity index (χ3v) is 5.79. The minimum Gasteiger partial charge on any atom is -0.494 e. The number of para-hydroxylation sites is 1. The number of benzene rings is 2. The van der Waals surface area contributed by atoms with Crippen LogP contribution in [0.1, 0.15) is 12.1 Å². The fourth-order valence-corrected chi connectivity index (χ4v) is 3.98. The van der Waals surface area contributed by atoms with Crippen molar-refractivity contribution >= 4 is 23.3 Å². The smallest absolute Gasteiger partial charge is 0.393 e. The van der Waals surface area contributed by atoms with Gasteiger partial charge in [-0.3, -0.25) is 4.79 Å². The van der Waals surface area contributed by atoms with Gasteiger partial charge in [0.2, 0.25) is 5.43 Å². The van der Waals surface area contributed by atoms with Crippen LogP contribution in [0.3, 0.4) is 0 Å². The van der Waals surface area contributed by atoms with Crippen LogP contribution in [0.25, 0.3) is 11.4 Å². The molecular weight excluding hydrogens is 459 g/mol. The number of hydrogen-bond donors (Lipinski definition) is 2. The minimum absolute atomic E-state index is 0.0503. The van der Waals surface area contributed by atoms with Crippen molar-refractivity contribution in [2.24, 2.45) is 5.92 Å². The summed E-state index contributed by atoms with van der Waals surface area (Å²) in [5, 5.41) is 15.1. The van der Waals surface area contributed by atoms with Crippen LogP contribution in [0.15, 0.2) is 71.7 Å². The summed E-state index contributed by atoms with van der Waals surface area (Å²) in [6, 6.07) is 15.6. The van der Waals surface area contributed by atoms with E-state index in [-0.39, 0.29) is 24.1 Å². The van der Waals surface area contributed by atoms with E-state index >= 15 is 0 Å². The highest BCUT2D eigenvalue weighted by Gasteiger charge is 2.43. The van der Waals surface area contributed by atoms with Crippen molar-refractivity contribution in [2.75, 3.05) is 30.4 Å². The van der Waals surface area contributed by atoms with Crippen molar-refractivity contribution in [1.82, 2.24) is 9.78 Å². The third-order valence-electron chi connectivity index (χ3n) is 5.79. The van der Waals surface area contributed by atoms with Crippen LogP contribution in [0.2, 0.25) is 0 Å². The van der Waals surface area contributed by atoms with Gasteiger partial charge in [-0.05, 0) is 36.8 Å². The molecule has 182 valence electrons. The van der Waals surface area contributed by atoms with Crippen LogP contribution >= 0.6 is 0 Å². The van der Waals surface area contributed by atoms with E-state index < -0.39 is 12.1 Å². The SMILES string of the molecule is COc1cc(N2CCC(C(F)(F)F)C2)ccc1-n1ccc(=O)c(/C(=C/C=N)Nc2ccccc2)n1. The maximum atomic E-state index is 13.1. The molecule has 1 fully saturated rings. The number of alkyl halides is 3. The van der Waals surface area contributed by atoms with Gasteiger partial charge in [0.1, 0.15) is 11.4 Å². The molecule has 0 amide bonds. The number of rotatable bonds is 7. The molecule has 7 nitrogen and oxygen atoms in total. The van der Waals surface area contributed by atoms with Crippen LogP contribution in [0, 0.1) is 11.3 Å². The summed E-state index contributed by atoms with van der Waals surface area (Å²) in [6.07, 6.45) is -0.183. The second kappa shape index (κ2) is 10.0. The minimum atomic E-state index is -4.22. The van der Waals surface area contributed by atoms with E-state index in [0.29, 0.717) is 29.4 Å². The lowest BCUT2D eigenvalue weighted by Crippen LogP contribution is -2.27. The summed E-state index contributed by atoms with van der Waals surface area (Å²) in [6.45, 7) is 0.200. The second-order valence-electron chi connectivity index (χ2n) is 8.04. The molecular formula is C25H24F3N5O2. The number of anilines is 2. The number of nitrogens with zero attached hydrogens (tertiary/aromatic N) is 3. The third kappa shape index (κ3) is 5.37. The summed E-state index contributed by atoms with van der Waals surface area (Å²) >= 11 is 0. The number of nitrogens with one attached hydrogen (secondary N) is 2. The molecule has 1 saturated heterocycles. The molecule has 1 atom stereocenters. The van der Waals surface area contributed by atoms with Gasteiger partial charge in [-0.1, -0.05) is 18.2 Å². The molecule has 3 aromatic rings. The first-order valence-electron chi connectivity index (χ1n) is 10.9. The van der Waals surface area contributed by atoms with E-state index in [0.717, 1.165) is 11.9 Å². The molecule has 1 unspecified atom stereocenters. The van der Waals surface area contributed by atoms with Gasteiger partial charge >= 0.3 is 6.18 Å². The Hall–Kier alpha value is -4.08. The number of methoxy groups -OCH3 is 1. The van der Waals surface area contributed by atoms with Gasteiger partial charge in [-0.15, -0.1) is 0 Å². The lowest BCUT2D eigenvalue weighted by Gasteiger charge is -2.21. The normalized spacial score (nSPS) is 16.3. The van der Waals surface area contributed by atoms with Gasteiger partial charge < -0.3 is 20.4 Å². The predicted molar refractivity (Wildman–Crippen MR) is 130 cm³/mol. The first-order chi connectivity index (χ1) is 16.8. The monoisotopic (exact) mass is 483 g/mol. The predicted octanol–water partition coefficient (Wildman–Crippen LogP) is 4.73. The molecule has 4 rings (SSSR count). The molecule has 0 aliphatic carbocycles. The molecule has 0 radical (unpaired) electrons. The second-order valence-corrected chi connectivity index (χ2v) is 8.04. The van der Waals surface area contributed by atoms with E-state index in [1.54, 1.807) is 23.1 Å². The number of aromatic nitrogens is 2. The van der Waals surface area contributed by atoms with Crippen molar-refractivity contribution in [2.45, 2.75) is 12.6 Å². The van der Waals surface area contributed by atoms with Gasteiger partial charge in [-0.2, -0.15) is 18.3 Å². The summed E-state index contributed by atoms with van der Waals surface area (Å²) in [4.78, 5) is 14.3. The van der Waals surface area contributed by atoms with Gasteiger partial charge in [0, 0.05) is 49.0 Å². The number of allylic oxidation sites excluding steroid dienone is 1. The molecule has 35 heavy (non-hydrogen) atoms. The molecule has 0 bridgehead atoms. The Morgan fingerprint density at radius 2 is 1.97 bits per heavy atom. The van der Waals surface area contributed by atoms with E-state index in [4.69, 9.17) is 10.1 Å². The Morgan fingerprint density at radius 1 is 1.20 bits per heavy atom. The number of hydrogen-bond acceptors (Lipinski definition) is 6. The summed E-state index contributed by atoms with van der Waals surface area (Å²) in [5.74, 6) is -0.957. The Labute approximate surface area is 200 Å². The van der Waals surface area contributed by atoms with Gasteiger partial charge in [0.25, 0.3) is 0 Å². The Kier molecular flexibility index (Phi) is 6.90. The molecule has 0 spiro atoms. The maximum absolute atomic E-state index is 13.1. The Bertz CT molecular complexity index is 1290.